The Bertz CT molecular complexity index is 722. The standard InChI is InChI=1S/C17H17N3/c1-13-4-6-18-11-17(13)12-20-9-14-2-3-16-10-19-7-5-15(16)8-14/h2-8,10-11,20H,9,12H2,1H3. The van der Waals surface area contributed by atoms with Crippen LogP contribution in [0.4, 0.5) is 0 Å². The van der Waals surface area contributed by atoms with Crippen LogP contribution in [-0.2, 0) is 13.1 Å². The fourth-order valence-electron chi connectivity index (χ4n) is 2.27. The average molecular weight is 263 g/mol. The number of rotatable bonds is 4. The molecule has 3 heteroatoms. The van der Waals surface area contributed by atoms with Gasteiger partial charge in [-0.3, -0.25) is 9.97 Å². The highest BCUT2D eigenvalue weighted by Crippen LogP contribution is 2.14. The summed E-state index contributed by atoms with van der Waals surface area (Å²) in [4.78, 5) is 8.30. The molecule has 0 fully saturated rings. The fraction of sp³-hybridized carbons (Fsp3) is 0.176. The van der Waals surface area contributed by atoms with Crippen molar-refractivity contribution >= 4 is 10.8 Å². The van der Waals surface area contributed by atoms with E-state index in [1.165, 1.54) is 27.5 Å². The SMILES string of the molecule is Cc1ccncc1CNCc1ccc2cnccc2c1. The van der Waals surface area contributed by atoms with Crippen molar-refractivity contribution in [1.82, 2.24) is 15.3 Å². The Kier molecular flexibility index (Phi) is 3.70. The molecule has 3 nitrogen and oxygen atoms in total. The Morgan fingerprint density at radius 2 is 1.75 bits per heavy atom. The van der Waals surface area contributed by atoms with Gasteiger partial charge in [0.15, 0.2) is 0 Å². The largest absolute Gasteiger partial charge is 0.309 e. The number of hydrogen-bond donors (Lipinski definition) is 1. The molecule has 2 heterocycles. The van der Waals surface area contributed by atoms with E-state index in [9.17, 15) is 0 Å². The van der Waals surface area contributed by atoms with Crippen LogP contribution in [0.2, 0.25) is 0 Å². The average Bonchev–Trinajstić information content (AvgIpc) is 2.49. The molecule has 0 aliphatic carbocycles. The van der Waals surface area contributed by atoms with Gasteiger partial charge in [0, 0.05) is 43.3 Å². The van der Waals surface area contributed by atoms with Crippen LogP contribution in [0.15, 0.2) is 55.1 Å². The fourth-order valence-corrected chi connectivity index (χ4v) is 2.27. The molecule has 0 saturated carbocycles. The number of nitrogens with one attached hydrogen (secondary N) is 1. The Morgan fingerprint density at radius 3 is 2.65 bits per heavy atom. The second kappa shape index (κ2) is 5.80. The highest BCUT2D eigenvalue weighted by atomic mass is 14.9. The summed E-state index contributed by atoms with van der Waals surface area (Å²) in [5, 5.41) is 5.88. The van der Waals surface area contributed by atoms with Crippen molar-refractivity contribution in [3.63, 3.8) is 0 Å². The third-order valence-electron chi connectivity index (χ3n) is 3.50. The molecule has 3 aromatic rings. The van der Waals surface area contributed by atoms with Crippen molar-refractivity contribution < 1.29 is 0 Å². The molecular weight excluding hydrogens is 246 g/mol. The van der Waals surface area contributed by atoms with E-state index in [1.807, 2.05) is 36.9 Å². The molecule has 0 saturated heterocycles. The third-order valence-corrected chi connectivity index (χ3v) is 3.50. The number of pyridine rings is 2. The van der Waals surface area contributed by atoms with E-state index < -0.39 is 0 Å². The summed E-state index contributed by atoms with van der Waals surface area (Å²) >= 11 is 0. The first-order chi connectivity index (χ1) is 9.83. The van der Waals surface area contributed by atoms with Gasteiger partial charge in [-0.25, -0.2) is 0 Å². The minimum atomic E-state index is 0.841. The van der Waals surface area contributed by atoms with Gasteiger partial charge in [0.2, 0.25) is 0 Å². The maximum absolute atomic E-state index is 4.17. The van der Waals surface area contributed by atoms with Crippen LogP contribution < -0.4 is 5.32 Å². The zero-order chi connectivity index (χ0) is 13.8. The van der Waals surface area contributed by atoms with Crippen LogP contribution in [-0.4, -0.2) is 9.97 Å². The molecule has 100 valence electrons. The van der Waals surface area contributed by atoms with Crippen molar-refractivity contribution in [2.24, 2.45) is 0 Å². The van der Waals surface area contributed by atoms with E-state index in [1.54, 1.807) is 0 Å². The summed E-state index contributed by atoms with van der Waals surface area (Å²) in [5.41, 5.74) is 3.81. The van der Waals surface area contributed by atoms with Crippen LogP contribution in [0.25, 0.3) is 10.8 Å². The second-order valence-corrected chi connectivity index (χ2v) is 4.96. The van der Waals surface area contributed by atoms with Gasteiger partial charge in [-0.05, 0) is 47.2 Å². The maximum atomic E-state index is 4.17. The van der Waals surface area contributed by atoms with Crippen LogP contribution in [0.1, 0.15) is 16.7 Å². The van der Waals surface area contributed by atoms with E-state index in [2.05, 4.69) is 40.4 Å². The monoisotopic (exact) mass is 263 g/mol. The molecule has 2 aromatic heterocycles. The van der Waals surface area contributed by atoms with Crippen LogP contribution in [0.3, 0.4) is 0 Å². The summed E-state index contributed by atoms with van der Waals surface area (Å²) in [5.74, 6) is 0. The van der Waals surface area contributed by atoms with Crippen LogP contribution in [0.5, 0.6) is 0 Å². The Balaban J connectivity index is 1.67. The van der Waals surface area contributed by atoms with E-state index in [-0.39, 0.29) is 0 Å². The Hall–Kier alpha value is -2.26. The zero-order valence-corrected chi connectivity index (χ0v) is 11.5. The molecule has 0 aliphatic heterocycles. The molecular formula is C17H17N3. The van der Waals surface area contributed by atoms with Gasteiger partial charge in [0.25, 0.3) is 0 Å². The van der Waals surface area contributed by atoms with Crippen molar-refractivity contribution in [3.05, 3.63) is 71.8 Å². The van der Waals surface area contributed by atoms with Crippen molar-refractivity contribution in [2.45, 2.75) is 20.0 Å². The first kappa shape index (κ1) is 12.8. The normalized spacial score (nSPS) is 10.8. The van der Waals surface area contributed by atoms with Gasteiger partial charge >= 0.3 is 0 Å². The molecule has 0 bridgehead atoms. The highest BCUT2D eigenvalue weighted by molar-refractivity contribution is 5.81. The van der Waals surface area contributed by atoms with Crippen LogP contribution >= 0.6 is 0 Å². The second-order valence-electron chi connectivity index (χ2n) is 4.96. The lowest BCUT2D eigenvalue weighted by molar-refractivity contribution is 0.689. The molecule has 0 amide bonds. The quantitative estimate of drug-likeness (QED) is 0.785. The predicted octanol–water partition coefficient (Wildman–Crippen LogP) is 3.23. The molecule has 0 aliphatic rings. The van der Waals surface area contributed by atoms with Crippen LogP contribution in [0, 0.1) is 6.92 Å². The molecule has 1 aromatic carbocycles. The lowest BCUT2D eigenvalue weighted by Crippen LogP contribution is -2.13. The lowest BCUT2D eigenvalue weighted by atomic mass is 10.1. The molecule has 3 rings (SSSR count). The number of aromatic nitrogens is 2. The minimum absolute atomic E-state index is 0.841. The lowest BCUT2D eigenvalue weighted by Gasteiger charge is -2.08. The molecule has 20 heavy (non-hydrogen) atoms. The first-order valence-electron chi connectivity index (χ1n) is 6.76. The van der Waals surface area contributed by atoms with Crippen molar-refractivity contribution in [2.75, 3.05) is 0 Å². The summed E-state index contributed by atoms with van der Waals surface area (Å²) in [6, 6.07) is 10.6. The Labute approximate surface area is 118 Å². The summed E-state index contributed by atoms with van der Waals surface area (Å²) < 4.78 is 0. The van der Waals surface area contributed by atoms with Crippen molar-refractivity contribution in [1.29, 1.82) is 0 Å². The first-order valence-corrected chi connectivity index (χ1v) is 6.76. The van der Waals surface area contributed by atoms with E-state index >= 15 is 0 Å². The topological polar surface area (TPSA) is 37.8 Å². The number of fused-ring (bicyclic) bond motifs is 1. The number of nitrogens with zero attached hydrogens (tertiary/aromatic N) is 2. The van der Waals surface area contributed by atoms with Gasteiger partial charge in [-0.2, -0.15) is 0 Å². The van der Waals surface area contributed by atoms with Gasteiger partial charge < -0.3 is 5.32 Å². The van der Waals surface area contributed by atoms with Gasteiger partial charge in [-0.15, -0.1) is 0 Å². The molecule has 0 atom stereocenters. The predicted molar refractivity (Wildman–Crippen MR) is 81.3 cm³/mol. The van der Waals surface area contributed by atoms with E-state index in [0.29, 0.717) is 0 Å². The third kappa shape index (κ3) is 2.83. The molecule has 0 unspecified atom stereocenters. The molecule has 0 radical (unpaired) electrons. The summed E-state index contributed by atoms with van der Waals surface area (Å²) in [7, 11) is 0. The van der Waals surface area contributed by atoms with Gasteiger partial charge in [0.1, 0.15) is 0 Å². The van der Waals surface area contributed by atoms with Gasteiger partial charge in [0.05, 0.1) is 0 Å². The minimum Gasteiger partial charge on any atom is -0.309 e. The Morgan fingerprint density at radius 1 is 0.900 bits per heavy atom. The van der Waals surface area contributed by atoms with Crippen molar-refractivity contribution in [3.8, 4) is 0 Å². The number of aryl methyl sites for hydroxylation is 1. The smallest absolute Gasteiger partial charge is 0.0346 e. The summed E-state index contributed by atoms with van der Waals surface area (Å²) in [6.07, 6.45) is 7.48. The zero-order valence-electron chi connectivity index (χ0n) is 11.5. The number of hydrogen-bond acceptors (Lipinski definition) is 3. The van der Waals surface area contributed by atoms with E-state index in [0.717, 1.165) is 13.1 Å². The number of benzene rings is 1. The summed E-state index contributed by atoms with van der Waals surface area (Å²) in [6.45, 7) is 3.81. The molecule has 0 spiro atoms. The maximum Gasteiger partial charge on any atom is 0.0346 e. The molecule has 1 N–H and O–H groups in total. The van der Waals surface area contributed by atoms with Gasteiger partial charge in [-0.1, -0.05) is 12.1 Å². The highest BCUT2D eigenvalue weighted by Gasteiger charge is 1.99. The van der Waals surface area contributed by atoms with E-state index in [4.69, 9.17) is 0 Å².